The number of benzene rings is 1. The number of carbonyl (C=O) groups is 1. The van der Waals surface area contributed by atoms with Gasteiger partial charge >= 0.3 is 0 Å². The van der Waals surface area contributed by atoms with E-state index in [0.29, 0.717) is 12.1 Å². The first kappa shape index (κ1) is 17.1. The molecule has 2 heterocycles. The van der Waals surface area contributed by atoms with Crippen LogP contribution in [-0.2, 0) is 4.74 Å². The zero-order valence-electron chi connectivity index (χ0n) is 14.1. The second kappa shape index (κ2) is 7.47. The molecule has 0 spiro atoms. The second-order valence-corrected chi connectivity index (χ2v) is 6.55. The highest BCUT2D eigenvalue weighted by Gasteiger charge is 2.15. The summed E-state index contributed by atoms with van der Waals surface area (Å²) in [4.78, 5) is 19.1. The molecule has 6 heteroatoms. The summed E-state index contributed by atoms with van der Waals surface area (Å²) < 4.78 is 5.32. The molecule has 1 aliphatic heterocycles. The number of halogens is 1. The van der Waals surface area contributed by atoms with Crippen molar-refractivity contribution in [3.05, 3.63) is 40.0 Å². The molecule has 2 aromatic rings. The standard InChI is InChI=1S/C18H22ClN3O2/c1-12-9-13(2)16-14(10-12)11-15(17(19)21-16)18(23)20-3-4-22-5-7-24-8-6-22/h9-11H,3-8H2,1-2H3,(H,20,23). The molecule has 1 amide bonds. The van der Waals surface area contributed by atoms with E-state index in [-0.39, 0.29) is 11.1 Å². The van der Waals surface area contributed by atoms with Crippen molar-refractivity contribution in [3.8, 4) is 0 Å². The third kappa shape index (κ3) is 3.86. The number of pyridine rings is 1. The van der Waals surface area contributed by atoms with Gasteiger partial charge in [0, 0.05) is 31.6 Å². The number of hydrogen-bond donors (Lipinski definition) is 1. The SMILES string of the molecule is Cc1cc(C)c2nc(Cl)c(C(=O)NCCN3CCOCC3)cc2c1. The van der Waals surface area contributed by atoms with Crippen LogP contribution < -0.4 is 5.32 Å². The molecular weight excluding hydrogens is 326 g/mol. The fourth-order valence-corrected chi connectivity index (χ4v) is 3.26. The Labute approximate surface area is 146 Å². The van der Waals surface area contributed by atoms with Crippen molar-refractivity contribution < 1.29 is 9.53 Å². The Kier molecular flexibility index (Phi) is 5.33. The molecule has 1 aromatic heterocycles. The minimum absolute atomic E-state index is 0.179. The molecule has 0 atom stereocenters. The van der Waals surface area contributed by atoms with Gasteiger partial charge in [-0.15, -0.1) is 0 Å². The van der Waals surface area contributed by atoms with Crippen LogP contribution in [0.25, 0.3) is 10.9 Å². The summed E-state index contributed by atoms with van der Waals surface area (Å²) in [6, 6.07) is 5.92. The van der Waals surface area contributed by atoms with E-state index in [1.807, 2.05) is 26.0 Å². The molecule has 1 saturated heterocycles. The molecule has 1 aromatic carbocycles. The number of aryl methyl sites for hydroxylation is 2. The number of aromatic nitrogens is 1. The molecule has 1 fully saturated rings. The summed E-state index contributed by atoms with van der Waals surface area (Å²) in [6.07, 6.45) is 0. The largest absolute Gasteiger partial charge is 0.379 e. The quantitative estimate of drug-likeness (QED) is 0.864. The third-order valence-electron chi connectivity index (χ3n) is 4.27. The zero-order chi connectivity index (χ0) is 17.1. The Morgan fingerprint density at radius 3 is 2.79 bits per heavy atom. The van der Waals surface area contributed by atoms with Crippen LogP contribution in [0.4, 0.5) is 0 Å². The minimum Gasteiger partial charge on any atom is -0.379 e. The molecular formula is C18H22ClN3O2. The Morgan fingerprint density at radius 1 is 1.29 bits per heavy atom. The van der Waals surface area contributed by atoms with E-state index in [1.165, 1.54) is 0 Å². The molecule has 1 N–H and O–H groups in total. The van der Waals surface area contributed by atoms with E-state index < -0.39 is 0 Å². The number of fused-ring (bicyclic) bond motifs is 1. The number of ether oxygens (including phenoxy) is 1. The van der Waals surface area contributed by atoms with Crippen LogP contribution in [-0.4, -0.2) is 55.2 Å². The van der Waals surface area contributed by atoms with Gasteiger partial charge in [-0.3, -0.25) is 9.69 Å². The fourth-order valence-electron chi connectivity index (χ4n) is 3.04. The summed E-state index contributed by atoms with van der Waals surface area (Å²) in [7, 11) is 0. The van der Waals surface area contributed by atoms with Gasteiger partial charge in [-0.05, 0) is 31.5 Å². The first-order valence-corrected chi connectivity index (χ1v) is 8.58. The molecule has 0 aliphatic carbocycles. The van der Waals surface area contributed by atoms with Gasteiger partial charge in [0.2, 0.25) is 0 Å². The molecule has 3 rings (SSSR count). The van der Waals surface area contributed by atoms with E-state index in [1.54, 1.807) is 0 Å². The Balaban J connectivity index is 1.71. The van der Waals surface area contributed by atoms with Crippen LogP contribution in [0.2, 0.25) is 5.15 Å². The molecule has 0 radical (unpaired) electrons. The predicted molar refractivity (Wildman–Crippen MR) is 95.8 cm³/mol. The topological polar surface area (TPSA) is 54.5 Å². The van der Waals surface area contributed by atoms with Crippen molar-refractivity contribution >= 4 is 28.4 Å². The van der Waals surface area contributed by atoms with Gasteiger partial charge in [0.15, 0.2) is 0 Å². The van der Waals surface area contributed by atoms with Gasteiger partial charge in [0.25, 0.3) is 5.91 Å². The van der Waals surface area contributed by atoms with Crippen molar-refractivity contribution in [1.29, 1.82) is 0 Å². The highest BCUT2D eigenvalue weighted by atomic mass is 35.5. The van der Waals surface area contributed by atoms with E-state index in [4.69, 9.17) is 16.3 Å². The number of hydrogen-bond acceptors (Lipinski definition) is 4. The van der Waals surface area contributed by atoms with Gasteiger partial charge in [-0.1, -0.05) is 23.2 Å². The maximum absolute atomic E-state index is 12.4. The van der Waals surface area contributed by atoms with Gasteiger partial charge in [-0.25, -0.2) is 4.98 Å². The molecule has 24 heavy (non-hydrogen) atoms. The second-order valence-electron chi connectivity index (χ2n) is 6.19. The fraction of sp³-hybridized carbons (Fsp3) is 0.444. The van der Waals surface area contributed by atoms with Crippen LogP contribution in [0.15, 0.2) is 18.2 Å². The van der Waals surface area contributed by atoms with E-state index in [9.17, 15) is 4.79 Å². The summed E-state index contributed by atoms with van der Waals surface area (Å²) >= 11 is 6.24. The lowest BCUT2D eigenvalue weighted by Crippen LogP contribution is -2.41. The maximum Gasteiger partial charge on any atom is 0.254 e. The monoisotopic (exact) mass is 347 g/mol. The minimum atomic E-state index is -0.179. The molecule has 5 nitrogen and oxygen atoms in total. The number of nitrogens with one attached hydrogen (secondary N) is 1. The lowest BCUT2D eigenvalue weighted by Gasteiger charge is -2.26. The van der Waals surface area contributed by atoms with Crippen LogP contribution in [0, 0.1) is 13.8 Å². The number of rotatable bonds is 4. The van der Waals surface area contributed by atoms with Crippen molar-refractivity contribution in [2.45, 2.75) is 13.8 Å². The summed E-state index contributed by atoms with van der Waals surface area (Å²) in [5.41, 5.74) is 3.47. The molecule has 0 bridgehead atoms. The Bertz CT molecular complexity index is 758. The number of amides is 1. The lowest BCUT2D eigenvalue weighted by molar-refractivity contribution is 0.0383. The highest BCUT2D eigenvalue weighted by molar-refractivity contribution is 6.33. The molecule has 0 saturated carbocycles. The molecule has 0 unspecified atom stereocenters. The first-order chi connectivity index (χ1) is 11.5. The number of carbonyl (C=O) groups excluding carboxylic acids is 1. The van der Waals surface area contributed by atoms with E-state index in [0.717, 1.165) is 54.9 Å². The van der Waals surface area contributed by atoms with Gasteiger partial charge in [-0.2, -0.15) is 0 Å². The van der Waals surface area contributed by atoms with Gasteiger partial charge in [0.05, 0.1) is 24.3 Å². The van der Waals surface area contributed by atoms with Crippen molar-refractivity contribution in [2.24, 2.45) is 0 Å². The number of nitrogens with zero attached hydrogens (tertiary/aromatic N) is 2. The zero-order valence-corrected chi connectivity index (χ0v) is 14.8. The summed E-state index contributed by atoms with van der Waals surface area (Å²) in [5.74, 6) is -0.179. The van der Waals surface area contributed by atoms with Crippen LogP contribution in [0.3, 0.4) is 0 Å². The van der Waals surface area contributed by atoms with Gasteiger partial charge in [0.1, 0.15) is 5.15 Å². The predicted octanol–water partition coefficient (Wildman–Crippen LogP) is 2.57. The summed E-state index contributed by atoms with van der Waals surface area (Å²) in [5, 5.41) is 4.12. The summed E-state index contributed by atoms with van der Waals surface area (Å²) in [6.45, 7) is 8.76. The lowest BCUT2D eigenvalue weighted by atomic mass is 10.1. The maximum atomic E-state index is 12.4. The average molecular weight is 348 g/mol. The van der Waals surface area contributed by atoms with Crippen LogP contribution in [0.1, 0.15) is 21.5 Å². The van der Waals surface area contributed by atoms with Crippen LogP contribution in [0.5, 0.6) is 0 Å². The molecule has 1 aliphatic rings. The Hall–Kier alpha value is -1.69. The normalized spacial score (nSPS) is 15.6. The smallest absolute Gasteiger partial charge is 0.254 e. The highest BCUT2D eigenvalue weighted by Crippen LogP contribution is 2.24. The van der Waals surface area contributed by atoms with Crippen molar-refractivity contribution in [1.82, 2.24) is 15.2 Å². The Morgan fingerprint density at radius 2 is 2.04 bits per heavy atom. The molecule has 128 valence electrons. The average Bonchev–Trinajstić information content (AvgIpc) is 2.56. The van der Waals surface area contributed by atoms with Gasteiger partial charge < -0.3 is 10.1 Å². The van der Waals surface area contributed by atoms with Crippen LogP contribution >= 0.6 is 11.6 Å². The van der Waals surface area contributed by atoms with Crippen molar-refractivity contribution in [3.63, 3.8) is 0 Å². The van der Waals surface area contributed by atoms with E-state index in [2.05, 4.69) is 21.3 Å². The van der Waals surface area contributed by atoms with E-state index >= 15 is 0 Å². The van der Waals surface area contributed by atoms with Crippen molar-refractivity contribution in [2.75, 3.05) is 39.4 Å². The third-order valence-corrected chi connectivity index (χ3v) is 4.56. The number of morpholine rings is 1. The first-order valence-electron chi connectivity index (χ1n) is 8.20.